The zero-order valence-corrected chi connectivity index (χ0v) is 8.82. The number of hydrogen-bond acceptors (Lipinski definition) is 4. The van der Waals surface area contributed by atoms with Gasteiger partial charge in [0.15, 0.2) is 0 Å². The summed E-state index contributed by atoms with van der Waals surface area (Å²) in [7, 11) is 0. The van der Waals surface area contributed by atoms with Gasteiger partial charge in [0.2, 0.25) is 0 Å². The SMILES string of the molecule is N#CC(C#N)=CNc1ccc(OC(F)(F)F)cc1. The van der Waals surface area contributed by atoms with E-state index in [1.54, 1.807) is 12.1 Å². The molecule has 0 bridgehead atoms. The van der Waals surface area contributed by atoms with Gasteiger partial charge in [0, 0.05) is 11.9 Å². The third-order valence-corrected chi connectivity index (χ3v) is 1.71. The van der Waals surface area contributed by atoms with E-state index in [0.29, 0.717) is 5.69 Å². The van der Waals surface area contributed by atoms with Crippen LogP contribution in [-0.4, -0.2) is 6.36 Å². The number of nitrogens with zero attached hydrogens (tertiary/aromatic N) is 2. The number of allylic oxidation sites excluding steroid dienone is 1. The normalized spacial score (nSPS) is 9.83. The minimum atomic E-state index is -4.73. The van der Waals surface area contributed by atoms with Crippen LogP contribution in [0.5, 0.6) is 5.75 Å². The molecular formula is C11H6F3N3O. The van der Waals surface area contributed by atoms with Crippen LogP contribution < -0.4 is 10.1 Å². The number of halogens is 3. The van der Waals surface area contributed by atoms with E-state index in [1.165, 1.54) is 12.1 Å². The maximum Gasteiger partial charge on any atom is 0.573 e. The van der Waals surface area contributed by atoms with Gasteiger partial charge in [-0.25, -0.2) is 0 Å². The summed E-state index contributed by atoms with van der Waals surface area (Å²) < 4.78 is 39.3. The fourth-order valence-corrected chi connectivity index (χ4v) is 0.998. The van der Waals surface area contributed by atoms with Crippen LogP contribution in [0.3, 0.4) is 0 Å². The highest BCUT2D eigenvalue weighted by atomic mass is 19.4. The smallest absolute Gasteiger partial charge is 0.406 e. The zero-order valence-electron chi connectivity index (χ0n) is 8.82. The molecule has 92 valence electrons. The number of nitriles is 2. The number of rotatable bonds is 3. The Bertz CT molecular complexity index is 504. The molecule has 1 N–H and O–H groups in total. The van der Waals surface area contributed by atoms with Gasteiger partial charge in [0.25, 0.3) is 0 Å². The molecule has 4 nitrogen and oxygen atoms in total. The second-order valence-electron chi connectivity index (χ2n) is 3.00. The Balaban J connectivity index is 2.71. The van der Waals surface area contributed by atoms with E-state index in [0.717, 1.165) is 18.3 Å². The molecular weight excluding hydrogens is 247 g/mol. The third-order valence-electron chi connectivity index (χ3n) is 1.71. The minimum Gasteiger partial charge on any atom is -0.406 e. The predicted octanol–water partition coefficient (Wildman–Crippen LogP) is 2.93. The van der Waals surface area contributed by atoms with Gasteiger partial charge < -0.3 is 10.1 Å². The highest BCUT2D eigenvalue weighted by molar-refractivity contribution is 5.51. The largest absolute Gasteiger partial charge is 0.573 e. The summed E-state index contributed by atoms with van der Waals surface area (Å²) in [5, 5.41) is 19.5. The fourth-order valence-electron chi connectivity index (χ4n) is 0.998. The highest BCUT2D eigenvalue weighted by Gasteiger charge is 2.30. The molecule has 0 aromatic heterocycles. The predicted molar refractivity (Wildman–Crippen MR) is 56.1 cm³/mol. The molecule has 0 atom stereocenters. The molecule has 1 aromatic carbocycles. The average Bonchev–Trinajstić information content (AvgIpc) is 2.30. The lowest BCUT2D eigenvalue weighted by Crippen LogP contribution is -2.16. The van der Waals surface area contributed by atoms with Crippen LogP contribution in [0.2, 0.25) is 0 Å². The number of alkyl halides is 3. The van der Waals surface area contributed by atoms with Gasteiger partial charge in [-0.2, -0.15) is 10.5 Å². The number of benzene rings is 1. The van der Waals surface area contributed by atoms with Crippen LogP contribution in [-0.2, 0) is 0 Å². The molecule has 0 saturated heterocycles. The lowest BCUT2D eigenvalue weighted by molar-refractivity contribution is -0.274. The summed E-state index contributed by atoms with van der Waals surface area (Å²) >= 11 is 0. The van der Waals surface area contributed by atoms with Crippen molar-refractivity contribution in [3.05, 3.63) is 36.0 Å². The Hall–Kier alpha value is -2.67. The van der Waals surface area contributed by atoms with Crippen molar-refractivity contribution in [2.75, 3.05) is 5.32 Å². The van der Waals surface area contributed by atoms with E-state index in [-0.39, 0.29) is 11.3 Å². The fraction of sp³-hybridized carbons (Fsp3) is 0.0909. The van der Waals surface area contributed by atoms with Crippen molar-refractivity contribution in [2.45, 2.75) is 6.36 Å². The van der Waals surface area contributed by atoms with Crippen molar-refractivity contribution in [1.29, 1.82) is 10.5 Å². The summed E-state index contributed by atoms with van der Waals surface area (Å²) in [6, 6.07) is 8.13. The summed E-state index contributed by atoms with van der Waals surface area (Å²) in [5.74, 6) is -0.349. The minimum absolute atomic E-state index is 0.148. The van der Waals surface area contributed by atoms with Gasteiger partial charge in [0.1, 0.15) is 23.5 Å². The van der Waals surface area contributed by atoms with Gasteiger partial charge >= 0.3 is 6.36 Å². The molecule has 0 fully saturated rings. The van der Waals surface area contributed by atoms with Crippen molar-refractivity contribution in [1.82, 2.24) is 0 Å². The molecule has 0 aliphatic rings. The van der Waals surface area contributed by atoms with Gasteiger partial charge in [0.05, 0.1) is 0 Å². The number of ether oxygens (including phenoxy) is 1. The summed E-state index contributed by atoms with van der Waals surface area (Å²) in [6.45, 7) is 0. The Labute approximate surface area is 101 Å². The number of anilines is 1. The van der Waals surface area contributed by atoms with E-state index >= 15 is 0 Å². The van der Waals surface area contributed by atoms with Crippen molar-refractivity contribution < 1.29 is 17.9 Å². The third kappa shape index (κ3) is 4.45. The number of hydrogen-bond donors (Lipinski definition) is 1. The van der Waals surface area contributed by atoms with Gasteiger partial charge in [-0.1, -0.05) is 0 Å². The topological polar surface area (TPSA) is 68.8 Å². The van der Waals surface area contributed by atoms with E-state index in [9.17, 15) is 13.2 Å². The maximum absolute atomic E-state index is 11.9. The summed E-state index contributed by atoms with van der Waals surface area (Å²) in [5.41, 5.74) is 0.276. The van der Waals surface area contributed by atoms with E-state index in [2.05, 4.69) is 10.1 Å². The average molecular weight is 253 g/mol. The first kappa shape index (κ1) is 13.4. The molecule has 0 amide bonds. The molecule has 0 saturated carbocycles. The molecule has 0 spiro atoms. The molecule has 1 aromatic rings. The lowest BCUT2D eigenvalue weighted by atomic mass is 10.3. The van der Waals surface area contributed by atoms with E-state index < -0.39 is 6.36 Å². The molecule has 0 aliphatic heterocycles. The van der Waals surface area contributed by atoms with Crippen LogP contribution in [0.1, 0.15) is 0 Å². The first-order valence-electron chi connectivity index (χ1n) is 4.57. The Morgan fingerprint density at radius 2 is 1.72 bits per heavy atom. The van der Waals surface area contributed by atoms with Crippen LogP contribution >= 0.6 is 0 Å². The Morgan fingerprint density at radius 3 is 2.17 bits per heavy atom. The van der Waals surface area contributed by atoms with E-state index in [1.807, 2.05) is 0 Å². The molecule has 0 aliphatic carbocycles. The van der Waals surface area contributed by atoms with Crippen molar-refractivity contribution >= 4 is 5.69 Å². The summed E-state index contributed by atoms with van der Waals surface area (Å²) in [6.07, 6.45) is -3.58. The standard InChI is InChI=1S/C11H6F3N3O/c12-11(13,14)18-10-3-1-9(2-4-10)17-7-8(5-15)6-16/h1-4,7,17H. The Morgan fingerprint density at radius 1 is 1.17 bits per heavy atom. The molecule has 7 heteroatoms. The Kier molecular flexibility index (Phi) is 4.16. The second-order valence-corrected chi connectivity index (χ2v) is 3.00. The monoisotopic (exact) mass is 253 g/mol. The van der Waals surface area contributed by atoms with Crippen LogP contribution in [0, 0.1) is 22.7 Å². The second kappa shape index (κ2) is 5.60. The molecule has 0 unspecified atom stereocenters. The maximum atomic E-state index is 11.9. The first-order valence-corrected chi connectivity index (χ1v) is 4.57. The highest BCUT2D eigenvalue weighted by Crippen LogP contribution is 2.23. The lowest BCUT2D eigenvalue weighted by Gasteiger charge is -2.09. The van der Waals surface area contributed by atoms with Gasteiger partial charge in [-0.3, -0.25) is 0 Å². The summed E-state index contributed by atoms with van der Waals surface area (Å²) in [4.78, 5) is 0. The van der Waals surface area contributed by atoms with Gasteiger partial charge in [-0.05, 0) is 24.3 Å². The van der Waals surface area contributed by atoms with Crippen LogP contribution in [0.25, 0.3) is 0 Å². The zero-order chi connectivity index (χ0) is 13.6. The van der Waals surface area contributed by atoms with Crippen molar-refractivity contribution in [3.8, 4) is 17.9 Å². The van der Waals surface area contributed by atoms with Crippen LogP contribution in [0.15, 0.2) is 36.0 Å². The molecule has 1 rings (SSSR count). The van der Waals surface area contributed by atoms with Crippen LogP contribution in [0.4, 0.5) is 18.9 Å². The first-order chi connectivity index (χ1) is 8.44. The molecule has 18 heavy (non-hydrogen) atoms. The molecule has 0 heterocycles. The molecule has 0 radical (unpaired) electrons. The van der Waals surface area contributed by atoms with E-state index in [4.69, 9.17) is 10.5 Å². The quantitative estimate of drug-likeness (QED) is 0.841. The van der Waals surface area contributed by atoms with Crippen molar-refractivity contribution in [3.63, 3.8) is 0 Å². The van der Waals surface area contributed by atoms with Crippen molar-refractivity contribution in [2.24, 2.45) is 0 Å². The van der Waals surface area contributed by atoms with Gasteiger partial charge in [-0.15, -0.1) is 13.2 Å². The number of nitrogens with one attached hydrogen (secondary N) is 1.